The van der Waals surface area contributed by atoms with Crippen LogP contribution in [0.4, 0.5) is 0 Å². The van der Waals surface area contributed by atoms with Crippen molar-refractivity contribution in [1.29, 1.82) is 0 Å². The van der Waals surface area contributed by atoms with E-state index >= 15 is 0 Å². The molecule has 0 N–H and O–H groups in total. The molecule has 0 aliphatic carbocycles. The Hall–Kier alpha value is -2.46. The van der Waals surface area contributed by atoms with E-state index in [-0.39, 0.29) is 0 Å². The number of allylic oxidation sites excluding steroid dienone is 1. The summed E-state index contributed by atoms with van der Waals surface area (Å²) in [6, 6.07) is 11.0. The number of carbonyl (C=O) groups excluding carboxylic acids is 1. The number of benzene rings is 1. The third kappa shape index (κ3) is 2.66. The summed E-state index contributed by atoms with van der Waals surface area (Å²) in [6.45, 7) is 0. The van der Waals surface area contributed by atoms with E-state index in [0.717, 1.165) is 5.56 Å². The Balaban J connectivity index is 2.23. The summed E-state index contributed by atoms with van der Waals surface area (Å²) >= 11 is 6.35. The van der Waals surface area contributed by atoms with Crippen LogP contribution in [-0.4, -0.2) is 24.3 Å². The molecule has 0 spiro atoms. The molecule has 0 saturated heterocycles. The minimum Gasteiger partial charge on any atom is -0.468 e. The van der Waals surface area contributed by atoms with Crippen LogP contribution in [0, 0.1) is 0 Å². The highest BCUT2D eigenvalue weighted by Crippen LogP contribution is 2.45. The van der Waals surface area contributed by atoms with E-state index in [0.29, 0.717) is 10.6 Å². The van der Waals surface area contributed by atoms with Crippen molar-refractivity contribution >= 4 is 23.8 Å². The molecule has 1 aromatic heterocycles. The number of methoxy groups -OCH3 is 1. The Labute approximate surface area is 139 Å². The van der Waals surface area contributed by atoms with Gasteiger partial charge in [-0.3, -0.25) is 14.8 Å². The minimum absolute atomic E-state index is 0.398. The lowest BCUT2D eigenvalue weighted by Gasteiger charge is -2.32. The van der Waals surface area contributed by atoms with Crippen molar-refractivity contribution in [1.82, 2.24) is 4.98 Å². The Bertz CT molecular complexity index is 760. The second-order valence-electron chi connectivity index (χ2n) is 5.18. The summed E-state index contributed by atoms with van der Waals surface area (Å²) < 4.78 is 5.05. The predicted molar refractivity (Wildman–Crippen MR) is 89.8 cm³/mol. The second kappa shape index (κ2) is 6.34. The summed E-state index contributed by atoms with van der Waals surface area (Å²) in [4.78, 5) is 21.4. The molecule has 116 valence electrons. The monoisotopic (exact) mass is 326 g/mol. The van der Waals surface area contributed by atoms with E-state index in [1.54, 1.807) is 24.7 Å². The van der Waals surface area contributed by atoms with E-state index in [1.165, 1.54) is 7.11 Å². The van der Waals surface area contributed by atoms with Gasteiger partial charge in [-0.05, 0) is 29.8 Å². The van der Waals surface area contributed by atoms with Crippen LogP contribution in [0.15, 0.2) is 65.9 Å². The Kier molecular flexibility index (Phi) is 4.26. The molecule has 0 radical (unpaired) electrons. The highest BCUT2D eigenvalue weighted by atomic mass is 35.5. The van der Waals surface area contributed by atoms with Crippen molar-refractivity contribution in [2.75, 3.05) is 7.11 Å². The van der Waals surface area contributed by atoms with Crippen LogP contribution in [0.5, 0.6) is 0 Å². The number of pyridine rings is 1. The number of esters is 1. The van der Waals surface area contributed by atoms with Gasteiger partial charge in [-0.1, -0.05) is 35.9 Å². The molecule has 23 heavy (non-hydrogen) atoms. The molecule has 2 heterocycles. The molecule has 3 rings (SSSR count). The number of aliphatic imine (C=N–C) groups is 1. The molecule has 2 unspecified atom stereocenters. The standard InChI is InChI=1S/C18H15ClN2O2/c1-23-17(22)16(14-7-2-3-8-15(14)19)18(9-5-11-21-18)13-6-4-10-20-12-13/h2-12,16H,1H3. The maximum Gasteiger partial charge on any atom is 0.316 e. The molecule has 5 heteroatoms. The van der Waals surface area contributed by atoms with Crippen LogP contribution in [-0.2, 0) is 15.1 Å². The molecule has 4 nitrogen and oxygen atoms in total. The number of aromatic nitrogens is 1. The van der Waals surface area contributed by atoms with Gasteiger partial charge in [0.25, 0.3) is 0 Å². The number of hydrogen-bond acceptors (Lipinski definition) is 4. The second-order valence-corrected chi connectivity index (χ2v) is 5.59. The molecular formula is C18H15ClN2O2. The normalized spacial score (nSPS) is 20.4. The first-order chi connectivity index (χ1) is 11.2. The fourth-order valence-electron chi connectivity index (χ4n) is 2.88. The molecule has 1 aliphatic rings. The third-order valence-electron chi connectivity index (χ3n) is 3.94. The number of hydrogen-bond donors (Lipinski definition) is 0. The molecule has 1 aromatic carbocycles. The minimum atomic E-state index is -0.910. The van der Waals surface area contributed by atoms with E-state index in [2.05, 4.69) is 9.98 Å². The largest absolute Gasteiger partial charge is 0.468 e. The van der Waals surface area contributed by atoms with Crippen molar-refractivity contribution in [2.45, 2.75) is 11.5 Å². The first-order valence-electron chi connectivity index (χ1n) is 7.15. The SMILES string of the molecule is COC(=O)C(c1ccccc1Cl)C1(c2cccnc2)C=CC=N1. The highest BCUT2D eigenvalue weighted by molar-refractivity contribution is 6.31. The van der Waals surface area contributed by atoms with Crippen LogP contribution < -0.4 is 0 Å². The van der Waals surface area contributed by atoms with Crippen molar-refractivity contribution in [3.8, 4) is 0 Å². The maximum absolute atomic E-state index is 12.6. The van der Waals surface area contributed by atoms with Crippen molar-refractivity contribution in [2.24, 2.45) is 4.99 Å². The molecule has 2 aromatic rings. The lowest BCUT2D eigenvalue weighted by Crippen LogP contribution is -2.35. The van der Waals surface area contributed by atoms with Crippen molar-refractivity contribution in [3.05, 3.63) is 77.1 Å². The molecule has 0 bridgehead atoms. The maximum atomic E-state index is 12.6. The molecule has 1 aliphatic heterocycles. The molecule has 2 atom stereocenters. The fraction of sp³-hybridized carbons (Fsp3) is 0.167. The average molecular weight is 327 g/mol. The summed E-state index contributed by atoms with van der Waals surface area (Å²) in [5.41, 5.74) is 0.570. The lowest BCUT2D eigenvalue weighted by atomic mass is 9.75. The predicted octanol–water partition coefficient (Wildman–Crippen LogP) is 3.53. The van der Waals surface area contributed by atoms with Gasteiger partial charge in [-0.25, -0.2) is 0 Å². The van der Waals surface area contributed by atoms with Gasteiger partial charge in [-0.15, -0.1) is 0 Å². The smallest absolute Gasteiger partial charge is 0.316 e. The van der Waals surface area contributed by atoms with Crippen LogP contribution >= 0.6 is 11.6 Å². The number of halogens is 1. The third-order valence-corrected chi connectivity index (χ3v) is 4.29. The van der Waals surface area contributed by atoms with E-state index in [4.69, 9.17) is 16.3 Å². The molecule has 0 saturated carbocycles. The van der Waals surface area contributed by atoms with Gasteiger partial charge in [0.15, 0.2) is 0 Å². The number of ether oxygens (including phenoxy) is 1. The van der Waals surface area contributed by atoms with E-state index in [9.17, 15) is 4.79 Å². The first-order valence-corrected chi connectivity index (χ1v) is 7.52. The number of carbonyl (C=O) groups is 1. The Morgan fingerprint density at radius 1 is 1.26 bits per heavy atom. The molecular weight excluding hydrogens is 312 g/mol. The zero-order chi connectivity index (χ0) is 16.3. The van der Waals surface area contributed by atoms with Gasteiger partial charge >= 0.3 is 5.97 Å². The average Bonchev–Trinajstić information content (AvgIpc) is 3.08. The van der Waals surface area contributed by atoms with Gasteiger partial charge < -0.3 is 4.74 Å². The van der Waals surface area contributed by atoms with Crippen molar-refractivity contribution < 1.29 is 9.53 Å². The molecule has 0 fully saturated rings. The van der Waals surface area contributed by atoms with Gasteiger partial charge in [0.2, 0.25) is 0 Å². The zero-order valence-corrected chi connectivity index (χ0v) is 13.3. The van der Waals surface area contributed by atoms with Gasteiger partial charge in [0, 0.05) is 29.2 Å². The topological polar surface area (TPSA) is 51.5 Å². The van der Waals surface area contributed by atoms with E-state index in [1.807, 2.05) is 42.5 Å². The molecule has 0 amide bonds. The Morgan fingerprint density at radius 3 is 2.70 bits per heavy atom. The van der Waals surface area contributed by atoms with Crippen LogP contribution in [0.1, 0.15) is 17.0 Å². The summed E-state index contributed by atoms with van der Waals surface area (Å²) in [5, 5.41) is 0.502. The summed E-state index contributed by atoms with van der Waals surface area (Å²) in [7, 11) is 1.37. The number of nitrogens with zero attached hydrogens (tertiary/aromatic N) is 2. The van der Waals surface area contributed by atoms with Crippen LogP contribution in [0.25, 0.3) is 0 Å². The van der Waals surface area contributed by atoms with Gasteiger partial charge in [0.1, 0.15) is 11.5 Å². The summed E-state index contributed by atoms with van der Waals surface area (Å²) in [5.74, 6) is -1.09. The summed E-state index contributed by atoms with van der Waals surface area (Å²) in [6.07, 6.45) is 8.77. The zero-order valence-electron chi connectivity index (χ0n) is 12.5. The lowest BCUT2D eigenvalue weighted by molar-refractivity contribution is -0.143. The van der Waals surface area contributed by atoms with Crippen molar-refractivity contribution in [3.63, 3.8) is 0 Å². The fourth-order valence-corrected chi connectivity index (χ4v) is 3.12. The van der Waals surface area contributed by atoms with Gasteiger partial charge in [-0.2, -0.15) is 0 Å². The Morgan fingerprint density at radius 2 is 2.09 bits per heavy atom. The van der Waals surface area contributed by atoms with E-state index < -0.39 is 17.4 Å². The van der Waals surface area contributed by atoms with Crippen LogP contribution in [0.2, 0.25) is 5.02 Å². The first kappa shape index (κ1) is 15.4. The number of rotatable bonds is 4. The van der Waals surface area contributed by atoms with Crippen LogP contribution in [0.3, 0.4) is 0 Å². The van der Waals surface area contributed by atoms with Gasteiger partial charge in [0.05, 0.1) is 7.11 Å². The quantitative estimate of drug-likeness (QED) is 0.808. The highest BCUT2D eigenvalue weighted by Gasteiger charge is 2.46.